The van der Waals surface area contributed by atoms with Crippen LogP contribution < -0.4 is 5.32 Å². The van der Waals surface area contributed by atoms with Gasteiger partial charge in [-0.25, -0.2) is 0 Å². The summed E-state index contributed by atoms with van der Waals surface area (Å²) in [6, 6.07) is 10.7. The van der Waals surface area contributed by atoms with Crippen LogP contribution in [0.3, 0.4) is 0 Å². The minimum Gasteiger partial charge on any atom is -0.359 e. The van der Waals surface area contributed by atoms with E-state index in [0.29, 0.717) is 11.5 Å². The zero-order chi connectivity index (χ0) is 14.7. The van der Waals surface area contributed by atoms with Gasteiger partial charge < -0.3 is 5.32 Å². The maximum absolute atomic E-state index is 4.84. The predicted octanol–water partition coefficient (Wildman–Crippen LogP) is 4.43. The van der Waals surface area contributed by atoms with Crippen molar-refractivity contribution < 1.29 is 0 Å². The molecule has 1 aromatic rings. The fourth-order valence-electron chi connectivity index (χ4n) is 3.60. The smallest absolute Gasteiger partial charge is 0.157 e. The summed E-state index contributed by atoms with van der Waals surface area (Å²) in [5.41, 5.74) is 1.72. The van der Waals surface area contributed by atoms with Crippen molar-refractivity contribution in [1.82, 2.24) is 5.32 Å². The summed E-state index contributed by atoms with van der Waals surface area (Å²) in [7, 11) is 0. The van der Waals surface area contributed by atoms with Crippen molar-refractivity contribution in [3.8, 4) is 0 Å². The molecule has 1 saturated heterocycles. The molecule has 1 aromatic carbocycles. The van der Waals surface area contributed by atoms with E-state index in [1.807, 2.05) is 11.8 Å². The summed E-state index contributed by atoms with van der Waals surface area (Å²) in [6.45, 7) is 5.53. The summed E-state index contributed by atoms with van der Waals surface area (Å²) in [4.78, 5) is 4.84. The average molecular weight is 302 g/mol. The third-order valence-corrected chi connectivity index (χ3v) is 6.03. The predicted molar refractivity (Wildman–Crippen MR) is 93.1 cm³/mol. The van der Waals surface area contributed by atoms with E-state index in [1.54, 1.807) is 0 Å². The summed E-state index contributed by atoms with van der Waals surface area (Å²) >= 11 is 1.93. The molecule has 114 valence electrons. The van der Waals surface area contributed by atoms with Gasteiger partial charge in [0.05, 0.1) is 0 Å². The highest BCUT2D eigenvalue weighted by Gasteiger charge is 2.40. The Bertz CT molecular complexity index is 499. The largest absolute Gasteiger partial charge is 0.359 e. The van der Waals surface area contributed by atoms with E-state index in [0.717, 1.165) is 12.5 Å². The first-order chi connectivity index (χ1) is 10.2. The molecule has 3 unspecified atom stereocenters. The highest BCUT2D eigenvalue weighted by atomic mass is 32.2. The quantitative estimate of drug-likeness (QED) is 0.893. The van der Waals surface area contributed by atoms with E-state index in [2.05, 4.69) is 49.5 Å². The standard InChI is InChI=1S/C18H26N2S/c1-14-7-6-10-18(11-14)13-21-17(20-18)19-12-15(2)16-8-4-3-5-9-16/h3-5,8-9,14-15H,6-7,10-13H2,1-2H3,(H,19,20). The zero-order valence-corrected chi connectivity index (χ0v) is 14.0. The van der Waals surface area contributed by atoms with E-state index < -0.39 is 0 Å². The Balaban J connectivity index is 1.58. The van der Waals surface area contributed by atoms with Crippen molar-refractivity contribution in [3.05, 3.63) is 35.9 Å². The van der Waals surface area contributed by atoms with Crippen LogP contribution in [0.25, 0.3) is 0 Å². The van der Waals surface area contributed by atoms with Gasteiger partial charge in [0.1, 0.15) is 0 Å². The molecular formula is C18H26N2S. The lowest BCUT2D eigenvalue weighted by Gasteiger charge is -2.36. The number of nitrogens with zero attached hydrogens (tertiary/aromatic N) is 1. The Kier molecular flexibility index (Phi) is 4.58. The fourth-order valence-corrected chi connectivity index (χ4v) is 4.80. The molecule has 2 fully saturated rings. The maximum atomic E-state index is 4.84. The maximum Gasteiger partial charge on any atom is 0.157 e. The summed E-state index contributed by atoms with van der Waals surface area (Å²) in [5, 5.41) is 4.93. The molecular weight excluding hydrogens is 276 g/mol. The molecule has 0 aromatic heterocycles. The van der Waals surface area contributed by atoms with Crippen molar-refractivity contribution in [1.29, 1.82) is 0 Å². The van der Waals surface area contributed by atoms with Crippen LogP contribution in [-0.4, -0.2) is 23.0 Å². The molecule has 2 nitrogen and oxygen atoms in total. The van der Waals surface area contributed by atoms with Gasteiger partial charge in [-0.1, -0.05) is 68.8 Å². The molecule has 0 amide bonds. The Morgan fingerprint density at radius 2 is 2.19 bits per heavy atom. The molecule has 1 N–H and O–H groups in total. The topological polar surface area (TPSA) is 24.4 Å². The molecule has 1 saturated carbocycles. The molecule has 21 heavy (non-hydrogen) atoms. The van der Waals surface area contributed by atoms with E-state index in [9.17, 15) is 0 Å². The number of hydrogen-bond acceptors (Lipinski definition) is 2. The number of aliphatic imine (C=N–C) groups is 1. The van der Waals surface area contributed by atoms with E-state index in [4.69, 9.17) is 4.99 Å². The van der Waals surface area contributed by atoms with Gasteiger partial charge in [0.15, 0.2) is 5.17 Å². The van der Waals surface area contributed by atoms with Crippen molar-refractivity contribution in [3.63, 3.8) is 0 Å². The highest BCUT2D eigenvalue weighted by Crippen LogP contribution is 2.38. The van der Waals surface area contributed by atoms with Crippen molar-refractivity contribution in [2.45, 2.75) is 51.0 Å². The average Bonchev–Trinajstić information content (AvgIpc) is 2.88. The van der Waals surface area contributed by atoms with Crippen LogP contribution in [0, 0.1) is 5.92 Å². The first-order valence-corrected chi connectivity index (χ1v) is 9.16. The number of nitrogens with one attached hydrogen (secondary N) is 1. The van der Waals surface area contributed by atoms with Crippen LogP contribution in [0.4, 0.5) is 0 Å². The lowest BCUT2D eigenvalue weighted by atomic mass is 9.78. The van der Waals surface area contributed by atoms with Gasteiger partial charge in [-0.3, -0.25) is 4.99 Å². The van der Waals surface area contributed by atoms with Crippen molar-refractivity contribution in [2.24, 2.45) is 10.9 Å². The SMILES string of the molecule is CC1CCCC2(CSC(=NCC(C)c3ccccc3)N2)C1. The van der Waals surface area contributed by atoms with Crippen molar-refractivity contribution in [2.75, 3.05) is 12.3 Å². The van der Waals surface area contributed by atoms with Gasteiger partial charge in [0.2, 0.25) is 0 Å². The normalized spacial score (nSPS) is 32.3. The Morgan fingerprint density at radius 1 is 1.38 bits per heavy atom. The second-order valence-corrected chi connectivity index (χ2v) is 7.82. The first-order valence-electron chi connectivity index (χ1n) is 8.17. The van der Waals surface area contributed by atoms with Crippen LogP contribution >= 0.6 is 11.8 Å². The monoisotopic (exact) mass is 302 g/mol. The number of thioether (sulfide) groups is 1. The van der Waals surface area contributed by atoms with Crippen LogP contribution in [-0.2, 0) is 0 Å². The number of amidine groups is 1. The number of hydrogen-bond donors (Lipinski definition) is 1. The Hall–Kier alpha value is -0.960. The van der Waals surface area contributed by atoms with Crippen molar-refractivity contribution >= 4 is 16.9 Å². The van der Waals surface area contributed by atoms with E-state index >= 15 is 0 Å². The summed E-state index contributed by atoms with van der Waals surface area (Å²) in [5.74, 6) is 2.55. The van der Waals surface area contributed by atoms with E-state index in [1.165, 1.54) is 42.2 Å². The van der Waals surface area contributed by atoms with Gasteiger partial charge in [-0.2, -0.15) is 0 Å². The molecule has 1 spiro atoms. The molecule has 1 aliphatic heterocycles. The highest BCUT2D eigenvalue weighted by molar-refractivity contribution is 8.14. The first kappa shape index (κ1) is 15.0. The Labute approximate surface area is 132 Å². The molecule has 2 aliphatic rings. The van der Waals surface area contributed by atoms with Gasteiger partial charge in [0, 0.05) is 23.8 Å². The third-order valence-electron chi connectivity index (χ3n) is 4.83. The fraction of sp³-hybridized carbons (Fsp3) is 0.611. The number of rotatable bonds is 3. The molecule has 1 aliphatic carbocycles. The lowest BCUT2D eigenvalue weighted by Crippen LogP contribution is -2.47. The minimum absolute atomic E-state index is 0.344. The second-order valence-electron chi connectivity index (χ2n) is 6.85. The number of benzene rings is 1. The molecule has 1 heterocycles. The van der Waals surface area contributed by atoms with Gasteiger partial charge >= 0.3 is 0 Å². The van der Waals surface area contributed by atoms with Crippen LogP contribution in [0.15, 0.2) is 35.3 Å². The lowest BCUT2D eigenvalue weighted by molar-refractivity contribution is 0.242. The minimum atomic E-state index is 0.344. The molecule has 3 heteroatoms. The van der Waals surface area contributed by atoms with Crippen LogP contribution in [0.5, 0.6) is 0 Å². The summed E-state index contributed by atoms with van der Waals surface area (Å²) in [6.07, 6.45) is 5.39. The van der Waals surface area contributed by atoms with E-state index in [-0.39, 0.29) is 0 Å². The molecule has 3 rings (SSSR count). The second kappa shape index (κ2) is 6.43. The molecule has 3 atom stereocenters. The van der Waals surface area contributed by atoms with Crippen LogP contribution in [0.1, 0.15) is 51.0 Å². The van der Waals surface area contributed by atoms with Crippen LogP contribution in [0.2, 0.25) is 0 Å². The zero-order valence-electron chi connectivity index (χ0n) is 13.1. The molecule has 0 bridgehead atoms. The van der Waals surface area contributed by atoms with Gasteiger partial charge in [-0.15, -0.1) is 0 Å². The van der Waals surface area contributed by atoms with Gasteiger partial charge in [-0.05, 0) is 24.3 Å². The third kappa shape index (κ3) is 3.63. The molecule has 0 radical (unpaired) electrons. The van der Waals surface area contributed by atoms with Gasteiger partial charge in [0.25, 0.3) is 0 Å². The summed E-state index contributed by atoms with van der Waals surface area (Å²) < 4.78 is 0. The Morgan fingerprint density at radius 3 is 2.95 bits per heavy atom.